The molecule has 0 aliphatic heterocycles. The molecule has 0 atom stereocenters. The van der Waals surface area contributed by atoms with Crippen LogP contribution in [0.25, 0.3) is 11.0 Å². The van der Waals surface area contributed by atoms with Crippen molar-refractivity contribution in [3.05, 3.63) is 53.9 Å². The summed E-state index contributed by atoms with van der Waals surface area (Å²) in [6.45, 7) is 1.98. The van der Waals surface area contributed by atoms with E-state index in [4.69, 9.17) is 9.72 Å². The Morgan fingerprint density at radius 1 is 1.23 bits per heavy atom. The van der Waals surface area contributed by atoms with Gasteiger partial charge >= 0.3 is 0 Å². The summed E-state index contributed by atoms with van der Waals surface area (Å²) in [5, 5.41) is 3.98. The van der Waals surface area contributed by atoms with Crippen LogP contribution in [-0.4, -0.2) is 46.5 Å². The number of ether oxygens (including phenoxy) is 1. The largest absolute Gasteiger partial charge is 0.385 e. The summed E-state index contributed by atoms with van der Waals surface area (Å²) in [5.74, 6) is 1.88. The summed E-state index contributed by atoms with van der Waals surface area (Å²) < 4.78 is 7.27. The molecular weight excluding hydrogens is 408 g/mol. The SMILES string of the molecule is COCCCNC(=O)c1ccc(Cn2c(SCC3CCCC3)nc3ccncc32)cc1. The molecule has 0 radical (unpaired) electrons. The van der Waals surface area contributed by atoms with Crippen molar-refractivity contribution in [1.29, 1.82) is 0 Å². The Balaban J connectivity index is 1.45. The third-order valence-corrected chi connectivity index (χ3v) is 7.01. The maximum Gasteiger partial charge on any atom is 0.251 e. The van der Waals surface area contributed by atoms with E-state index in [-0.39, 0.29) is 5.91 Å². The molecular formula is C24H30N4O2S. The maximum absolute atomic E-state index is 12.3. The van der Waals surface area contributed by atoms with Gasteiger partial charge in [-0.1, -0.05) is 36.7 Å². The van der Waals surface area contributed by atoms with E-state index >= 15 is 0 Å². The van der Waals surface area contributed by atoms with Gasteiger partial charge in [-0.25, -0.2) is 4.98 Å². The summed E-state index contributed by atoms with van der Waals surface area (Å²) in [6.07, 6.45) is 9.89. The summed E-state index contributed by atoms with van der Waals surface area (Å²) in [4.78, 5) is 21.5. The molecule has 1 fully saturated rings. The van der Waals surface area contributed by atoms with Gasteiger partial charge in [0.25, 0.3) is 5.91 Å². The predicted molar refractivity (Wildman–Crippen MR) is 125 cm³/mol. The van der Waals surface area contributed by atoms with Gasteiger partial charge in [-0.15, -0.1) is 0 Å². The number of carbonyl (C=O) groups excluding carboxylic acids is 1. The van der Waals surface area contributed by atoms with Crippen molar-refractivity contribution in [2.24, 2.45) is 5.92 Å². The topological polar surface area (TPSA) is 69.0 Å². The van der Waals surface area contributed by atoms with Crippen molar-refractivity contribution in [2.75, 3.05) is 26.0 Å². The summed E-state index contributed by atoms with van der Waals surface area (Å²) in [5.41, 5.74) is 3.85. The van der Waals surface area contributed by atoms with Crippen molar-refractivity contribution < 1.29 is 9.53 Å². The van der Waals surface area contributed by atoms with E-state index in [1.807, 2.05) is 48.3 Å². The summed E-state index contributed by atoms with van der Waals surface area (Å²) in [6, 6.07) is 9.81. The van der Waals surface area contributed by atoms with Gasteiger partial charge in [0.2, 0.25) is 0 Å². The quantitative estimate of drug-likeness (QED) is 0.372. The minimum absolute atomic E-state index is 0.0484. The minimum Gasteiger partial charge on any atom is -0.385 e. The van der Waals surface area contributed by atoms with Crippen LogP contribution in [0, 0.1) is 5.92 Å². The number of hydrogen-bond donors (Lipinski definition) is 1. The van der Waals surface area contributed by atoms with Crippen LogP contribution in [0.4, 0.5) is 0 Å². The fourth-order valence-corrected chi connectivity index (χ4v) is 5.24. The third-order valence-electron chi connectivity index (χ3n) is 5.81. The van der Waals surface area contributed by atoms with E-state index in [2.05, 4.69) is 14.9 Å². The molecule has 0 unspecified atom stereocenters. The van der Waals surface area contributed by atoms with Gasteiger partial charge in [0.15, 0.2) is 5.16 Å². The average molecular weight is 439 g/mol. The van der Waals surface area contributed by atoms with Crippen LogP contribution >= 0.6 is 11.8 Å². The van der Waals surface area contributed by atoms with Crippen molar-refractivity contribution in [3.8, 4) is 0 Å². The van der Waals surface area contributed by atoms with Gasteiger partial charge in [0, 0.05) is 37.8 Å². The second kappa shape index (κ2) is 10.8. The number of fused-ring (bicyclic) bond motifs is 1. The summed E-state index contributed by atoms with van der Waals surface area (Å²) in [7, 11) is 1.67. The van der Waals surface area contributed by atoms with Crippen LogP contribution < -0.4 is 5.32 Å². The highest BCUT2D eigenvalue weighted by molar-refractivity contribution is 7.99. The monoisotopic (exact) mass is 438 g/mol. The Bertz CT molecular complexity index is 996. The van der Waals surface area contributed by atoms with Crippen LogP contribution in [0.5, 0.6) is 0 Å². The lowest BCUT2D eigenvalue weighted by Gasteiger charge is -2.12. The number of benzene rings is 1. The van der Waals surface area contributed by atoms with Crippen LogP contribution in [0.3, 0.4) is 0 Å². The van der Waals surface area contributed by atoms with Gasteiger partial charge < -0.3 is 14.6 Å². The fourth-order valence-electron chi connectivity index (χ4n) is 4.04. The molecule has 3 aromatic rings. The van der Waals surface area contributed by atoms with Crippen molar-refractivity contribution in [3.63, 3.8) is 0 Å². The number of carbonyl (C=O) groups is 1. The molecule has 1 N–H and O–H groups in total. The molecule has 2 aromatic heterocycles. The highest BCUT2D eigenvalue weighted by Crippen LogP contribution is 2.32. The molecule has 1 aromatic carbocycles. The Morgan fingerprint density at radius 2 is 2.03 bits per heavy atom. The second-order valence-electron chi connectivity index (χ2n) is 8.11. The Hall–Kier alpha value is -2.38. The fraction of sp³-hybridized carbons (Fsp3) is 0.458. The van der Waals surface area contributed by atoms with Crippen molar-refractivity contribution >= 4 is 28.7 Å². The summed E-state index contributed by atoms with van der Waals surface area (Å²) >= 11 is 1.86. The molecule has 1 aliphatic carbocycles. The Labute approximate surface area is 187 Å². The second-order valence-corrected chi connectivity index (χ2v) is 9.09. The van der Waals surface area contributed by atoms with Gasteiger partial charge in [-0.05, 0) is 48.9 Å². The number of hydrogen-bond acceptors (Lipinski definition) is 5. The number of nitrogens with one attached hydrogen (secondary N) is 1. The first-order chi connectivity index (χ1) is 15.2. The highest BCUT2D eigenvalue weighted by Gasteiger charge is 2.18. The highest BCUT2D eigenvalue weighted by atomic mass is 32.2. The van der Waals surface area contributed by atoms with Crippen LogP contribution in [0.1, 0.15) is 48.0 Å². The zero-order valence-electron chi connectivity index (χ0n) is 18.0. The molecule has 1 saturated carbocycles. The van der Waals surface area contributed by atoms with E-state index in [9.17, 15) is 4.79 Å². The van der Waals surface area contributed by atoms with Crippen molar-refractivity contribution in [1.82, 2.24) is 19.9 Å². The number of pyridine rings is 1. The van der Waals surface area contributed by atoms with E-state index in [0.29, 0.717) is 25.3 Å². The van der Waals surface area contributed by atoms with E-state index in [1.165, 1.54) is 25.7 Å². The molecule has 4 rings (SSSR count). The first-order valence-corrected chi connectivity index (χ1v) is 12.0. The number of imidazole rings is 1. The molecule has 0 bridgehead atoms. The number of rotatable bonds is 10. The number of amides is 1. The first kappa shape index (κ1) is 21.8. The smallest absolute Gasteiger partial charge is 0.251 e. The molecule has 0 saturated heterocycles. The van der Waals surface area contributed by atoms with Gasteiger partial charge in [0.05, 0.1) is 23.8 Å². The molecule has 0 spiro atoms. The van der Waals surface area contributed by atoms with E-state index < -0.39 is 0 Å². The third kappa shape index (κ3) is 5.66. The van der Waals surface area contributed by atoms with Crippen molar-refractivity contribution in [2.45, 2.75) is 43.8 Å². The lowest BCUT2D eigenvalue weighted by Crippen LogP contribution is -2.25. The Morgan fingerprint density at radius 3 is 2.81 bits per heavy atom. The molecule has 7 heteroatoms. The first-order valence-electron chi connectivity index (χ1n) is 11.0. The molecule has 6 nitrogen and oxygen atoms in total. The molecule has 2 heterocycles. The zero-order valence-corrected chi connectivity index (χ0v) is 18.9. The number of methoxy groups -OCH3 is 1. The van der Waals surface area contributed by atoms with Crippen LogP contribution in [0.15, 0.2) is 47.9 Å². The van der Waals surface area contributed by atoms with E-state index in [1.54, 1.807) is 13.3 Å². The van der Waals surface area contributed by atoms with Gasteiger partial charge in [-0.2, -0.15) is 0 Å². The van der Waals surface area contributed by atoms with Crippen LogP contribution in [-0.2, 0) is 11.3 Å². The number of aromatic nitrogens is 3. The lowest BCUT2D eigenvalue weighted by molar-refractivity contribution is 0.0948. The predicted octanol–water partition coefficient (Wildman–Crippen LogP) is 4.53. The molecule has 164 valence electrons. The standard InChI is InChI=1S/C24H30N4O2S/c1-30-14-4-12-26-23(29)20-9-7-18(8-10-20)16-28-22-15-25-13-11-21(22)27-24(28)31-17-19-5-2-3-6-19/h7-11,13,15,19H,2-6,12,14,16-17H2,1H3,(H,26,29). The molecule has 31 heavy (non-hydrogen) atoms. The molecule has 1 aliphatic rings. The molecule has 1 amide bonds. The van der Waals surface area contributed by atoms with Gasteiger partial charge in [0.1, 0.15) is 0 Å². The number of nitrogens with zero attached hydrogens (tertiary/aromatic N) is 3. The lowest BCUT2D eigenvalue weighted by atomic mass is 10.1. The zero-order chi connectivity index (χ0) is 21.5. The normalized spacial score (nSPS) is 14.4. The van der Waals surface area contributed by atoms with Gasteiger partial charge in [-0.3, -0.25) is 9.78 Å². The Kier molecular flexibility index (Phi) is 7.59. The van der Waals surface area contributed by atoms with Crippen LogP contribution in [0.2, 0.25) is 0 Å². The minimum atomic E-state index is -0.0484. The average Bonchev–Trinajstić information content (AvgIpc) is 3.44. The maximum atomic E-state index is 12.3. The van der Waals surface area contributed by atoms with E-state index in [0.717, 1.165) is 39.8 Å². The number of thioether (sulfide) groups is 1.